The van der Waals surface area contributed by atoms with Crippen molar-refractivity contribution >= 4 is 23.2 Å². The number of ether oxygens (including phenoxy) is 2. The van der Waals surface area contributed by atoms with Crippen molar-refractivity contribution < 1.29 is 19.1 Å². The lowest BCUT2D eigenvalue weighted by Gasteiger charge is -2.30. The summed E-state index contributed by atoms with van der Waals surface area (Å²) < 4.78 is 11.6. The van der Waals surface area contributed by atoms with Crippen molar-refractivity contribution in [3.05, 3.63) is 46.7 Å². The third kappa shape index (κ3) is 6.32. The Balaban J connectivity index is 1.44. The van der Waals surface area contributed by atoms with Crippen LogP contribution in [-0.2, 0) is 32.1 Å². The van der Waals surface area contributed by atoms with Crippen molar-refractivity contribution in [2.45, 2.75) is 32.0 Å². The molecule has 0 aliphatic carbocycles. The molecule has 31 heavy (non-hydrogen) atoms. The van der Waals surface area contributed by atoms with Crippen LogP contribution in [0.25, 0.3) is 0 Å². The maximum absolute atomic E-state index is 13.0. The highest BCUT2D eigenvalue weighted by Gasteiger charge is 2.32. The Morgan fingerprint density at radius 1 is 1.29 bits per heavy atom. The molecule has 0 saturated carbocycles. The maximum atomic E-state index is 13.0. The lowest BCUT2D eigenvalue weighted by Crippen LogP contribution is -2.42. The average Bonchev–Trinajstić information content (AvgIpc) is 3.25. The van der Waals surface area contributed by atoms with Crippen LogP contribution in [0.1, 0.15) is 24.1 Å². The molecule has 2 aromatic heterocycles. The van der Waals surface area contributed by atoms with Crippen molar-refractivity contribution in [1.29, 1.82) is 0 Å². The number of nitrogens with zero attached hydrogens (tertiary/aromatic N) is 4. The minimum atomic E-state index is -0.258. The Bertz CT molecular complexity index is 842. The monoisotopic (exact) mass is 444 g/mol. The van der Waals surface area contributed by atoms with Crippen molar-refractivity contribution in [2.75, 3.05) is 39.4 Å². The minimum absolute atomic E-state index is 0.0226. The first-order valence-electron chi connectivity index (χ1n) is 10.7. The van der Waals surface area contributed by atoms with E-state index < -0.39 is 0 Å². The first-order valence-corrected chi connectivity index (χ1v) is 11.6. The molecule has 9 heteroatoms. The molecule has 2 aliphatic heterocycles. The van der Waals surface area contributed by atoms with Gasteiger partial charge in [-0.2, -0.15) is 0 Å². The number of amides is 2. The maximum Gasteiger partial charge on any atom is 0.242 e. The van der Waals surface area contributed by atoms with Crippen LogP contribution in [0.5, 0.6) is 0 Å². The number of thiazole rings is 1. The van der Waals surface area contributed by atoms with Gasteiger partial charge in [0, 0.05) is 50.6 Å². The third-order valence-corrected chi connectivity index (χ3v) is 6.36. The van der Waals surface area contributed by atoms with Crippen molar-refractivity contribution in [3.8, 4) is 0 Å². The Kier molecular flexibility index (Phi) is 7.61. The molecule has 0 N–H and O–H groups in total. The zero-order chi connectivity index (χ0) is 21.5. The Morgan fingerprint density at radius 2 is 2.16 bits per heavy atom. The zero-order valence-corrected chi connectivity index (χ0v) is 18.3. The van der Waals surface area contributed by atoms with Gasteiger partial charge in [-0.1, -0.05) is 6.07 Å². The lowest BCUT2D eigenvalue weighted by atomic mass is 9.99. The number of carbonyl (C=O) groups is 2. The summed E-state index contributed by atoms with van der Waals surface area (Å²) in [4.78, 5) is 37.8. The first-order chi connectivity index (χ1) is 15.2. The van der Waals surface area contributed by atoms with E-state index in [0.29, 0.717) is 32.2 Å². The number of aromatic nitrogens is 2. The normalized spacial score (nSPS) is 20.6. The molecule has 166 valence electrons. The van der Waals surface area contributed by atoms with Gasteiger partial charge in [-0.15, -0.1) is 11.3 Å². The number of rotatable bonds is 7. The highest BCUT2D eigenvalue weighted by molar-refractivity contribution is 7.07. The van der Waals surface area contributed by atoms with Gasteiger partial charge in [-0.3, -0.25) is 14.6 Å². The number of pyridine rings is 1. The molecule has 2 saturated heterocycles. The van der Waals surface area contributed by atoms with Crippen LogP contribution >= 0.6 is 11.3 Å². The Morgan fingerprint density at radius 3 is 2.90 bits per heavy atom. The van der Waals surface area contributed by atoms with Crippen LogP contribution in [-0.4, -0.2) is 77.1 Å². The first kappa shape index (κ1) is 21.9. The van der Waals surface area contributed by atoms with Gasteiger partial charge >= 0.3 is 0 Å². The Labute approximate surface area is 186 Å². The fourth-order valence-electron chi connectivity index (χ4n) is 3.98. The van der Waals surface area contributed by atoms with Crippen LogP contribution in [0.3, 0.4) is 0 Å². The summed E-state index contributed by atoms with van der Waals surface area (Å²) in [6, 6.07) is 3.83. The fraction of sp³-hybridized carbons (Fsp3) is 0.545. The third-order valence-electron chi connectivity index (χ3n) is 5.72. The SMILES string of the molecule is O=C(Cc1cscn1)N1CC(=O)N(CC2CCOCC2)CC(OCc2cccnc2)C1. The van der Waals surface area contributed by atoms with Crippen molar-refractivity contribution in [1.82, 2.24) is 19.8 Å². The van der Waals surface area contributed by atoms with E-state index in [0.717, 1.165) is 37.3 Å². The molecule has 1 unspecified atom stereocenters. The number of hydrogen-bond donors (Lipinski definition) is 0. The molecule has 8 nitrogen and oxygen atoms in total. The number of hydrogen-bond acceptors (Lipinski definition) is 7. The fourth-order valence-corrected chi connectivity index (χ4v) is 4.54. The molecular weight excluding hydrogens is 416 g/mol. The van der Waals surface area contributed by atoms with Gasteiger partial charge in [0.05, 0.1) is 36.9 Å². The zero-order valence-electron chi connectivity index (χ0n) is 17.5. The summed E-state index contributed by atoms with van der Waals surface area (Å²) in [5.41, 5.74) is 3.42. The van der Waals surface area contributed by atoms with E-state index >= 15 is 0 Å². The summed E-state index contributed by atoms with van der Waals surface area (Å²) in [6.45, 7) is 3.52. The van der Waals surface area contributed by atoms with E-state index in [2.05, 4.69) is 9.97 Å². The van der Waals surface area contributed by atoms with E-state index in [1.165, 1.54) is 11.3 Å². The van der Waals surface area contributed by atoms with E-state index in [-0.39, 0.29) is 30.9 Å². The molecule has 2 aliphatic rings. The van der Waals surface area contributed by atoms with Gasteiger partial charge in [0.1, 0.15) is 0 Å². The van der Waals surface area contributed by atoms with Crippen LogP contribution in [0.15, 0.2) is 35.4 Å². The van der Waals surface area contributed by atoms with E-state index in [1.54, 1.807) is 22.8 Å². The van der Waals surface area contributed by atoms with Crippen molar-refractivity contribution in [2.24, 2.45) is 5.92 Å². The van der Waals surface area contributed by atoms with E-state index in [1.807, 2.05) is 22.4 Å². The second kappa shape index (κ2) is 10.8. The molecular formula is C22H28N4O4S. The molecule has 2 aromatic rings. The largest absolute Gasteiger partial charge is 0.381 e. The quantitative estimate of drug-likeness (QED) is 0.647. The van der Waals surface area contributed by atoms with Crippen molar-refractivity contribution in [3.63, 3.8) is 0 Å². The smallest absolute Gasteiger partial charge is 0.242 e. The second-order valence-corrected chi connectivity index (χ2v) is 8.80. The molecule has 4 heterocycles. The molecule has 0 radical (unpaired) electrons. The van der Waals surface area contributed by atoms with Gasteiger partial charge < -0.3 is 19.3 Å². The Hall–Kier alpha value is -2.36. The lowest BCUT2D eigenvalue weighted by molar-refractivity contribution is -0.138. The average molecular weight is 445 g/mol. The number of carbonyl (C=O) groups excluding carboxylic acids is 2. The molecule has 0 spiro atoms. The van der Waals surface area contributed by atoms with Crippen LogP contribution in [0.2, 0.25) is 0 Å². The minimum Gasteiger partial charge on any atom is -0.381 e. The molecule has 2 fully saturated rings. The summed E-state index contributed by atoms with van der Waals surface area (Å²) >= 11 is 1.46. The molecule has 0 aromatic carbocycles. The summed E-state index contributed by atoms with van der Waals surface area (Å²) in [5, 5.41) is 1.87. The van der Waals surface area contributed by atoms with Gasteiger partial charge in [0.15, 0.2) is 0 Å². The second-order valence-electron chi connectivity index (χ2n) is 8.08. The summed E-state index contributed by atoms with van der Waals surface area (Å²) in [6.07, 6.45) is 5.35. The van der Waals surface area contributed by atoms with E-state index in [9.17, 15) is 9.59 Å². The molecule has 1 atom stereocenters. The van der Waals surface area contributed by atoms with Gasteiger partial charge in [-0.05, 0) is 30.4 Å². The summed E-state index contributed by atoms with van der Waals surface area (Å²) in [5.74, 6) is 0.307. The standard InChI is InChI=1S/C22H28N4O4S/c27-21(8-19-15-31-16-24-19)26-12-20(30-14-18-2-1-5-23-9-18)11-25(22(28)13-26)10-17-3-6-29-7-4-17/h1-2,5,9,15-17,20H,3-4,6-8,10-14H2. The topological polar surface area (TPSA) is 84.9 Å². The molecule has 2 amide bonds. The van der Waals surface area contributed by atoms with Crippen LogP contribution < -0.4 is 0 Å². The highest BCUT2D eigenvalue weighted by atomic mass is 32.1. The predicted octanol–water partition coefficient (Wildman–Crippen LogP) is 1.76. The van der Waals surface area contributed by atoms with Gasteiger partial charge in [0.2, 0.25) is 11.8 Å². The molecule has 0 bridgehead atoms. The van der Waals surface area contributed by atoms with Gasteiger partial charge in [0.25, 0.3) is 0 Å². The van der Waals surface area contributed by atoms with Crippen LogP contribution in [0.4, 0.5) is 0 Å². The summed E-state index contributed by atoms with van der Waals surface area (Å²) in [7, 11) is 0. The van der Waals surface area contributed by atoms with Gasteiger partial charge in [-0.25, -0.2) is 4.98 Å². The van der Waals surface area contributed by atoms with Crippen LogP contribution in [0, 0.1) is 5.92 Å². The van der Waals surface area contributed by atoms with E-state index in [4.69, 9.17) is 9.47 Å². The predicted molar refractivity (Wildman–Crippen MR) is 115 cm³/mol. The molecule has 4 rings (SSSR count). The highest BCUT2D eigenvalue weighted by Crippen LogP contribution is 2.19.